The van der Waals surface area contributed by atoms with Crippen LogP contribution in [0.15, 0.2) is 18.2 Å². The molecule has 0 aliphatic carbocycles. The molecule has 0 bridgehead atoms. The molecule has 26 heavy (non-hydrogen) atoms. The highest BCUT2D eigenvalue weighted by atomic mass is 19.4. The molecule has 0 N–H and O–H groups in total. The van der Waals surface area contributed by atoms with Crippen molar-refractivity contribution in [2.45, 2.75) is 44.7 Å². The Labute approximate surface area is 152 Å². The first kappa shape index (κ1) is 19.1. The first-order valence-electron chi connectivity index (χ1n) is 9.35. The molecular formula is C19H26F3N3O. The van der Waals surface area contributed by atoms with Crippen molar-refractivity contribution in [3.63, 3.8) is 0 Å². The van der Waals surface area contributed by atoms with Gasteiger partial charge in [-0.15, -0.1) is 0 Å². The Morgan fingerprint density at radius 2 is 1.77 bits per heavy atom. The Balaban J connectivity index is 1.48. The van der Waals surface area contributed by atoms with Gasteiger partial charge in [-0.25, -0.2) is 4.98 Å². The monoisotopic (exact) mass is 369 g/mol. The zero-order valence-corrected chi connectivity index (χ0v) is 15.1. The fraction of sp³-hybridized carbons (Fsp3) is 0.684. The average Bonchev–Trinajstić information content (AvgIpc) is 2.62. The number of aromatic nitrogens is 1. The van der Waals surface area contributed by atoms with Gasteiger partial charge < -0.3 is 9.80 Å². The van der Waals surface area contributed by atoms with Crippen LogP contribution in [0.2, 0.25) is 0 Å². The summed E-state index contributed by atoms with van der Waals surface area (Å²) in [7, 11) is 0. The Morgan fingerprint density at radius 3 is 2.35 bits per heavy atom. The number of likely N-dealkylation sites (tertiary alicyclic amines) is 2. The van der Waals surface area contributed by atoms with Gasteiger partial charge in [0.1, 0.15) is 5.69 Å². The second kappa shape index (κ2) is 7.94. The molecule has 0 spiro atoms. The van der Waals surface area contributed by atoms with Crippen molar-refractivity contribution in [2.75, 3.05) is 32.7 Å². The molecule has 0 unspecified atom stereocenters. The fourth-order valence-corrected chi connectivity index (χ4v) is 4.04. The predicted molar refractivity (Wildman–Crippen MR) is 92.6 cm³/mol. The van der Waals surface area contributed by atoms with E-state index in [2.05, 4.69) is 9.88 Å². The van der Waals surface area contributed by atoms with E-state index in [9.17, 15) is 18.0 Å². The molecule has 4 nitrogen and oxygen atoms in total. The fourth-order valence-electron chi connectivity index (χ4n) is 4.04. The first-order chi connectivity index (χ1) is 12.3. The summed E-state index contributed by atoms with van der Waals surface area (Å²) in [6.45, 7) is 6.11. The van der Waals surface area contributed by atoms with Crippen molar-refractivity contribution in [1.82, 2.24) is 14.8 Å². The number of pyridine rings is 1. The maximum absolute atomic E-state index is 12.8. The number of amides is 1. The molecule has 0 radical (unpaired) electrons. The molecule has 2 aliphatic rings. The van der Waals surface area contributed by atoms with Crippen molar-refractivity contribution in [3.05, 3.63) is 29.6 Å². The van der Waals surface area contributed by atoms with Crippen LogP contribution in [0.1, 0.15) is 49.9 Å². The summed E-state index contributed by atoms with van der Waals surface area (Å²) in [6.07, 6.45) is -0.615. The molecule has 1 aromatic rings. The molecule has 3 rings (SSSR count). The lowest BCUT2D eigenvalue weighted by atomic mass is 9.90. The predicted octanol–water partition coefficient (Wildman–Crippen LogP) is 3.54. The van der Waals surface area contributed by atoms with Gasteiger partial charge in [-0.2, -0.15) is 13.2 Å². The third-order valence-electron chi connectivity index (χ3n) is 5.64. The number of hydrogen-bond donors (Lipinski definition) is 0. The minimum absolute atomic E-state index is 0.105. The number of rotatable bonds is 3. The van der Waals surface area contributed by atoms with E-state index in [1.165, 1.54) is 6.07 Å². The van der Waals surface area contributed by atoms with Gasteiger partial charge in [0.15, 0.2) is 0 Å². The SMILES string of the molecule is CC(=O)N1CCC(CN2CCC(c3cccc(C(F)(F)F)n3)CC2)CC1. The molecule has 1 amide bonds. The molecular weight excluding hydrogens is 343 g/mol. The largest absolute Gasteiger partial charge is 0.433 e. The van der Waals surface area contributed by atoms with E-state index in [0.29, 0.717) is 11.6 Å². The van der Waals surface area contributed by atoms with E-state index < -0.39 is 11.9 Å². The van der Waals surface area contributed by atoms with Gasteiger partial charge in [0.05, 0.1) is 0 Å². The first-order valence-corrected chi connectivity index (χ1v) is 9.35. The zero-order chi connectivity index (χ0) is 18.7. The van der Waals surface area contributed by atoms with Crippen LogP contribution in [0.5, 0.6) is 0 Å². The van der Waals surface area contributed by atoms with Gasteiger partial charge in [0.2, 0.25) is 5.91 Å². The van der Waals surface area contributed by atoms with E-state index in [4.69, 9.17) is 0 Å². The van der Waals surface area contributed by atoms with Crippen LogP contribution in [0.25, 0.3) is 0 Å². The molecule has 3 heterocycles. The van der Waals surface area contributed by atoms with Crippen LogP contribution >= 0.6 is 0 Å². The van der Waals surface area contributed by atoms with Crippen LogP contribution in [-0.4, -0.2) is 53.4 Å². The van der Waals surface area contributed by atoms with Gasteiger partial charge in [0.25, 0.3) is 0 Å². The van der Waals surface area contributed by atoms with E-state index in [0.717, 1.165) is 64.5 Å². The topological polar surface area (TPSA) is 36.4 Å². The second-order valence-electron chi connectivity index (χ2n) is 7.47. The standard InChI is InChI=1S/C19H26F3N3O/c1-14(26)25-11-5-15(6-12-25)13-24-9-7-16(8-10-24)17-3-2-4-18(23-17)19(20,21)22/h2-4,15-16H,5-13H2,1H3. The summed E-state index contributed by atoms with van der Waals surface area (Å²) in [5, 5.41) is 0. The van der Waals surface area contributed by atoms with Gasteiger partial charge in [-0.05, 0) is 56.8 Å². The van der Waals surface area contributed by atoms with Crippen LogP contribution in [0.3, 0.4) is 0 Å². The summed E-state index contributed by atoms with van der Waals surface area (Å²) in [5.41, 5.74) is -0.232. The molecule has 144 valence electrons. The highest BCUT2D eigenvalue weighted by molar-refractivity contribution is 5.73. The smallest absolute Gasteiger partial charge is 0.343 e. The van der Waals surface area contributed by atoms with Crippen LogP contribution in [0, 0.1) is 5.92 Å². The molecule has 7 heteroatoms. The van der Waals surface area contributed by atoms with Gasteiger partial charge in [-0.1, -0.05) is 6.07 Å². The Hall–Kier alpha value is -1.63. The Kier molecular flexibility index (Phi) is 5.85. The number of halogens is 3. The summed E-state index contributed by atoms with van der Waals surface area (Å²) in [4.78, 5) is 19.6. The van der Waals surface area contributed by atoms with E-state index in [-0.39, 0.29) is 11.8 Å². The molecule has 0 aromatic carbocycles. The minimum Gasteiger partial charge on any atom is -0.343 e. The zero-order valence-electron chi connectivity index (χ0n) is 15.1. The summed E-state index contributed by atoms with van der Waals surface area (Å²) < 4.78 is 38.5. The lowest BCUT2D eigenvalue weighted by molar-refractivity contribution is -0.141. The molecule has 0 atom stereocenters. The van der Waals surface area contributed by atoms with Crippen molar-refractivity contribution in [1.29, 1.82) is 0 Å². The normalized spacial score (nSPS) is 21.2. The minimum atomic E-state index is -4.38. The maximum atomic E-state index is 12.8. The summed E-state index contributed by atoms with van der Waals surface area (Å²) in [5.74, 6) is 0.861. The third kappa shape index (κ3) is 4.75. The second-order valence-corrected chi connectivity index (χ2v) is 7.47. The van der Waals surface area contributed by atoms with Gasteiger partial charge >= 0.3 is 6.18 Å². The van der Waals surface area contributed by atoms with Crippen LogP contribution < -0.4 is 0 Å². The van der Waals surface area contributed by atoms with Gasteiger partial charge in [0, 0.05) is 38.2 Å². The highest BCUT2D eigenvalue weighted by Crippen LogP contribution is 2.32. The lowest BCUT2D eigenvalue weighted by Gasteiger charge is -2.37. The number of piperidine rings is 2. The number of nitrogens with zero attached hydrogens (tertiary/aromatic N) is 3. The summed E-state index contributed by atoms with van der Waals surface area (Å²) in [6, 6.07) is 4.21. The Morgan fingerprint density at radius 1 is 1.12 bits per heavy atom. The van der Waals surface area contributed by atoms with Crippen molar-refractivity contribution < 1.29 is 18.0 Å². The quantitative estimate of drug-likeness (QED) is 0.818. The Bertz CT molecular complexity index is 619. The van der Waals surface area contributed by atoms with Crippen LogP contribution in [0.4, 0.5) is 13.2 Å². The summed E-state index contributed by atoms with van der Waals surface area (Å²) >= 11 is 0. The van der Waals surface area contributed by atoms with Crippen molar-refractivity contribution in [3.8, 4) is 0 Å². The molecule has 2 saturated heterocycles. The molecule has 1 aromatic heterocycles. The number of alkyl halides is 3. The van der Waals surface area contributed by atoms with Gasteiger partial charge in [-0.3, -0.25) is 4.79 Å². The van der Waals surface area contributed by atoms with Crippen molar-refractivity contribution >= 4 is 5.91 Å². The maximum Gasteiger partial charge on any atom is 0.433 e. The lowest BCUT2D eigenvalue weighted by Crippen LogP contribution is -2.42. The highest BCUT2D eigenvalue weighted by Gasteiger charge is 2.33. The number of carbonyl (C=O) groups excluding carboxylic acids is 1. The van der Waals surface area contributed by atoms with E-state index in [1.807, 2.05) is 4.90 Å². The van der Waals surface area contributed by atoms with Crippen molar-refractivity contribution in [2.24, 2.45) is 5.92 Å². The number of hydrogen-bond acceptors (Lipinski definition) is 3. The third-order valence-corrected chi connectivity index (χ3v) is 5.64. The van der Waals surface area contributed by atoms with Crippen LogP contribution in [-0.2, 0) is 11.0 Å². The number of carbonyl (C=O) groups is 1. The molecule has 2 fully saturated rings. The molecule has 0 saturated carbocycles. The van der Waals surface area contributed by atoms with E-state index in [1.54, 1.807) is 13.0 Å². The van der Waals surface area contributed by atoms with E-state index >= 15 is 0 Å². The average molecular weight is 369 g/mol. The molecule has 2 aliphatic heterocycles.